The standard InChI is InChI=1S/C14H20F3NO/c1-13(2,3)19-9-8-18-10-11-4-6-12(7-5-11)14(15,16)17/h4-7,18H,8-10H2,1-3H3. The summed E-state index contributed by atoms with van der Waals surface area (Å²) in [6, 6.07) is 5.17. The summed E-state index contributed by atoms with van der Waals surface area (Å²) in [5.41, 5.74) is 0.0341. The molecule has 1 N–H and O–H groups in total. The maximum absolute atomic E-state index is 12.4. The molecule has 0 aliphatic carbocycles. The fraction of sp³-hybridized carbons (Fsp3) is 0.571. The molecular weight excluding hydrogens is 255 g/mol. The van der Waals surface area contributed by atoms with Crippen molar-refractivity contribution in [2.45, 2.75) is 39.1 Å². The predicted octanol–water partition coefficient (Wildman–Crippen LogP) is 3.61. The molecule has 5 heteroatoms. The number of ether oxygens (including phenoxy) is 1. The number of halogens is 3. The van der Waals surface area contributed by atoms with E-state index in [-0.39, 0.29) is 5.60 Å². The first kappa shape index (κ1) is 16.0. The minimum absolute atomic E-state index is 0.171. The van der Waals surface area contributed by atoms with E-state index in [0.29, 0.717) is 19.7 Å². The molecule has 0 aromatic heterocycles. The topological polar surface area (TPSA) is 21.3 Å². The lowest BCUT2D eigenvalue weighted by atomic mass is 10.1. The van der Waals surface area contributed by atoms with Crippen molar-refractivity contribution in [3.8, 4) is 0 Å². The summed E-state index contributed by atoms with van der Waals surface area (Å²) in [6.07, 6.45) is -4.27. The lowest BCUT2D eigenvalue weighted by Crippen LogP contribution is -2.26. The molecule has 0 saturated heterocycles. The number of alkyl halides is 3. The van der Waals surface area contributed by atoms with Gasteiger partial charge in [-0.3, -0.25) is 0 Å². The van der Waals surface area contributed by atoms with E-state index in [4.69, 9.17) is 4.74 Å². The van der Waals surface area contributed by atoms with Crippen molar-refractivity contribution in [2.75, 3.05) is 13.2 Å². The first-order valence-corrected chi connectivity index (χ1v) is 6.19. The van der Waals surface area contributed by atoms with E-state index >= 15 is 0 Å². The van der Waals surface area contributed by atoms with Crippen LogP contribution >= 0.6 is 0 Å². The molecule has 0 atom stereocenters. The van der Waals surface area contributed by atoms with Crippen LogP contribution in [0, 0.1) is 0 Å². The second-order valence-corrected chi connectivity index (χ2v) is 5.33. The molecule has 19 heavy (non-hydrogen) atoms. The number of rotatable bonds is 5. The van der Waals surface area contributed by atoms with Gasteiger partial charge in [-0.1, -0.05) is 12.1 Å². The van der Waals surface area contributed by atoms with Crippen LogP contribution in [0.3, 0.4) is 0 Å². The third kappa shape index (κ3) is 6.59. The summed E-state index contributed by atoms with van der Waals surface area (Å²) in [4.78, 5) is 0. The zero-order chi connectivity index (χ0) is 14.5. The molecule has 2 nitrogen and oxygen atoms in total. The van der Waals surface area contributed by atoms with Crippen LogP contribution in [0.5, 0.6) is 0 Å². The maximum atomic E-state index is 12.4. The fourth-order valence-corrected chi connectivity index (χ4v) is 1.47. The smallest absolute Gasteiger partial charge is 0.375 e. The third-order valence-electron chi connectivity index (χ3n) is 2.42. The zero-order valence-corrected chi connectivity index (χ0v) is 11.5. The molecule has 0 saturated carbocycles. The van der Waals surface area contributed by atoms with Gasteiger partial charge >= 0.3 is 6.18 Å². The number of benzene rings is 1. The van der Waals surface area contributed by atoms with E-state index < -0.39 is 11.7 Å². The summed E-state index contributed by atoms with van der Waals surface area (Å²) in [5, 5.41) is 3.13. The highest BCUT2D eigenvalue weighted by Gasteiger charge is 2.29. The van der Waals surface area contributed by atoms with Crippen LogP contribution < -0.4 is 5.32 Å². The summed E-state index contributed by atoms with van der Waals surface area (Å²) in [6.45, 7) is 7.70. The molecule has 1 aromatic rings. The van der Waals surface area contributed by atoms with Crippen LogP contribution in [0.1, 0.15) is 31.9 Å². The normalized spacial score (nSPS) is 12.7. The van der Waals surface area contributed by atoms with E-state index in [2.05, 4.69) is 5.32 Å². The highest BCUT2D eigenvalue weighted by molar-refractivity contribution is 5.24. The molecular formula is C14H20F3NO. The van der Waals surface area contributed by atoms with Gasteiger partial charge in [0, 0.05) is 13.1 Å². The quantitative estimate of drug-likeness (QED) is 0.829. The molecule has 0 aliphatic rings. The van der Waals surface area contributed by atoms with Crippen molar-refractivity contribution in [1.29, 1.82) is 0 Å². The van der Waals surface area contributed by atoms with Crippen LogP contribution in [-0.2, 0) is 17.5 Å². The van der Waals surface area contributed by atoms with Crippen molar-refractivity contribution >= 4 is 0 Å². The monoisotopic (exact) mass is 275 g/mol. The Bertz CT molecular complexity index is 379. The van der Waals surface area contributed by atoms with E-state index in [9.17, 15) is 13.2 Å². The molecule has 0 unspecified atom stereocenters. The summed E-state index contributed by atoms with van der Waals surface area (Å²) in [5.74, 6) is 0. The molecule has 0 spiro atoms. The Morgan fingerprint density at radius 2 is 1.63 bits per heavy atom. The summed E-state index contributed by atoms with van der Waals surface area (Å²) in [7, 11) is 0. The van der Waals surface area contributed by atoms with Gasteiger partial charge in [0.25, 0.3) is 0 Å². The van der Waals surface area contributed by atoms with Gasteiger partial charge < -0.3 is 10.1 Å². The molecule has 0 fully saturated rings. The highest BCUT2D eigenvalue weighted by atomic mass is 19.4. The second-order valence-electron chi connectivity index (χ2n) is 5.33. The number of hydrogen-bond acceptors (Lipinski definition) is 2. The summed E-state index contributed by atoms with van der Waals surface area (Å²) < 4.78 is 42.6. The Morgan fingerprint density at radius 1 is 1.05 bits per heavy atom. The van der Waals surface area contributed by atoms with Crippen LogP contribution in [0.25, 0.3) is 0 Å². The first-order valence-electron chi connectivity index (χ1n) is 6.19. The zero-order valence-electron chi connectivity index (χ0n) is 11.5. The average molecular weight is 275 g/mol. The lowest BCUT2D eigenvalue weighted by Gasteiger charge is -2.19. The molecule has 1 aromatic carbocycles. The molecule has 108 valence electrons. The minimum atomic E-state index is -4.27. The van der Waals surface area contributed by atoms with Crippen LogP contribution in [-0.4, -0.2) is 18.8 Å². The molecule has 0 radical (unpaired) electrons. The van der Waals surface area contributed by atoms with E-state index in [1.54, 1.807) is 0 Å². The highest BCUT2D eigenvalue weighted by Crippen LogP contribution is 2.28. The van der Waals surface area contributed by atoms with Gasteiger partial charge in [0.05, 0.1) is 17.8 Å². The van der Waals surface area contributed by atoms with Crippen molar-refractivity contribution in [3.63, 3.8) is 0 Å². The average Bonchev–Trinajstić information content (AvgIpc) is 2.26. The van der Waals surface area contributed by atoms with Gasteiger partial charge in [0.15, 0.2) is 0 Å². The van der Waals surface area contributed by atoms with Gasteiger partial charge in [-0.2, -0.15) is 13.2 Å². The van der Waals surface area contributed by atoms with Crippen LogP contribution in [0.4, 0.5) is 13.2 Å². The van der Waals surface area contributed by atoms with Crippen LogP contribution in [0.15, 0.2) is 24.3 Å². The lowest BCUT2D eigenvalue weighted by molar-refractivity contribution is -0.137. The minimum Gasteiger partial charge on any atom is -0.375 e. The largest absolute Gasteiger partial charge is 0.416 e. The Balaban J connectivity index is 2.31. The molecule has 1 rings (SSSR count). The molecule has 0 bridgehead atoms. The molecule has 0 amide bonds. The number of hydrogen-bond donors (Lipinski definition) is 1. The number of nitrogens with one attached hydrogen (secondary N) is 1. The fourth-order valence-electron chi connectivity index (χ4n) is 1.47. The second kappa shape index (κ2) is 6.39. The van der Waals surface area contributed by atoms with Gasteiger partial charge in [-0.15, -0.1) is 0 Å². The van der Waals surface area contributed by atoms with Crippen molar-refractivity contribution in [2.24, 2.45) is 0 Å². The Hall–Kier alpha value is -1.07. The SMILES string of the molecule is CC(C)(C)OCCNCc1ccc(C(F)(F)F)cc1. The third-order valence-corrected chi connectivity index (χ3v) is 2.42. The Morgan fingerprint density at radius 3 is 2.11 bits per heavy atom. The van der Waals surface area contributed by atoms with E-state index in [1.807, 2.05) is 20.8 Å². The molecule has 0 aliphatic heterocycles. The maximum Gasteiger partial charge on any atom is 0.416 e. The van der Waals surface area contributed by atoms with Crippen molar-refractivity contribution in [1.82, 2.24) is 5.32 Å². The van der Waals surface area contributed by atoms with Gasteiger partial charge in [0.1, 0.15) is 0 Å². The van der Waals surface area contributed by atoms with E-state index in [1.165, 1.54) is 12.1 Å². The van der Waals surface area contributed by atoms with Crippen molar-refractivity contribution in [3.05, 3.63) is 35.4 Å². The van der Waals surface area contributed by atoms with Gasteiger partial charge in [-0.05, 0) is 38.5 Å². The van der Waals surface area contributed by atoms with Gasteiger partial charge in [-0.25, -0.2) is 0 Å². The first-order chi connectivity index (χ1) is 8.68. The van der Waals surface area contributed by atoms with E-state index in [0.717, 1.165) is 17.7 Å². The summed E-state index contributed by atoms with van der Waals surface area (Å²) >= 11 is 0. The Labute approximate surface area is 112 Å². The van der Waals surface area contributed by atoms with Crippen LogP contribution in [0.2, 0.25) is 0 Å². The van der Waals surface area contributed by atoms with Crippen molar-refractivity contribution < 1.29 is 17.9 Å². The Kier molecular flexibility index (Phi) is 5.38. The predicted molar refractivity (Wildman–Crippen MR) is 68.9 cm³/mol. The van der Waals surface area contributed by atoms with Gasteiger partial charge in [0.2, 0.25) is 0 Å². The molecule has 0 heterocycles.